The molecule has 0 unspecified atom stereocenters. The zero-order chi connectivity index (χ0) is 10.4. The van der Waals surface area contributed by atoms with Gasteiger partial charge in [0, 0.05) is 6.04 Å². The number of aliphatic carboxylic acids is 1. The van der Waals surface area contributed by atoms with Gasteiger partial charge in [0.1, 0.15) is 6.04 Å². The van der Waals surface area contributed by atoms with Crippen molar-refractivity contribution in [1.82, 2.24) is 5.32 Å². The summed E-state index contributed by atoms with van der Waals surface area (Å²) >= 11 is 0. The first kappa shape index (κ1) is 11.5. The van der Waals surface area contributed by atoms with Crippen LogP contribution in [-0.4, -0.2) is 23.2 Å². The van der Waals surface area contributed by atoms with Crippen LogP contribution in [0.15, 0.2) is 0 Å². The van der Waals surface area contributed by atoms with E-state index in [4.69, 9.17) is 5.11 Å². The minimum absolute atomic E-state index is 0.330. The molecule has 0 spiro atoms. The van der Waals surface area contributed by atoms with Crippen LogP contribution in [0.4, 0.5) is 0 Å². The second kappa shape index (κ2) is 6.02. The Bertz CT molecular complexity index is 176. The lowest BCUT2D eigenvalue weighted by molar-refractivity contribution is -0.140. The number of carboxylic acid groups (broad SMARTS) is 1. The lowest BCUT2D eigenvalue weighted by Crippen LogP contribution is -2.44. The topological polar surface area (TPSA) is 49.3 Å². The van der Waals surface area contributed by atoms with Crippen LogP contribution in [0.5, 0.6) is 0 Å². The van der Waals surface area contributed by atoms with Gasteiger partial charge in [-0.2, -0.15) is 0 Å². The van der Waals surface area contributed by atoms with Gasteiger partial charge in [-0.3, -0.25) is 4.79 Å². The highest BCUT2D eigenvalue weighted by atomic mass is 16.4. The minimum Gasteiger partial charge on any atom is -0.480 e. The molecule has 0 aliphatic heterocycles. The fraction of sp³-hybridized carbons (Fsp3) is 0.909. The van der Waals surface area contributed by atoms with E-state index in [-0.39, 0.29) is 6.04 Å². The summed E-state index contributed by atoms with van der Waals surface area (Å²) in [6, 6.07) is 0.111. The van der Waals surface area contributed by atoms with E-state index in [9.17, 15) is 4.79 Å². The summed E-state index contributed by atoms with van der Waals surface area (Å²) in [5, 5.41) is 12.2. The third-order valence-electron chi connectivity index (χ3n) is 2.92. The van der Waals surface area contributed by atoms with Gasteiger partial charge in [-0.15, -0.1) is 0 Å². The normalized spacial score (nSPS) is 20.6. The Labute approximate surface area is 85.9 Å². The van der Waals surface area contributed by atoms with E-state index in [2.05, 4.69) is 5.32 Å². The third kappa shape index (κ3) is 3.66. The van der Waals surface area contributed by atoms with Crippen LogP contribution in [0, 0.1) is 0 Å². The average Bonchev–Trinajstić information content (AvgIpc) is 2.18. The number of nitrogens with one attached hydrogen (secondary N) is 1. The van der Waals surface area contributed by atoms with Gasteiger partial charge in [0.05, 0.1) is 0 Å². The van der Waals surface area contributed by atoms with Gasteiger partial charge >= 0.3 is 5.97 Å². The van der Waals surface area contributed by atoms with Crippen LogP contribution in [0.25, 0.3) is 0 Å². The molecular formula is C11H21NO2. The number of hydrogen-bond acceptors (Lipinski definition) is 2. The molecule has 0 aromatic heterocycles. The van der Waals surface area contributed by atoms with Gasteiger partial charge in [0.2, 0.25) is 0 Å². The summed E-state index contributed by atoms with van der Waals surface area (Å²) in [7, 11) is 0. The van der Waals surface area contributed by atoms with Crippen molar-refractivity contribution in [2.24, 2.45) is 0 Å². The van der Waals surface area contributed by atoms with Crippen LogP contribution in [0.3, 0.4) is 0 Å². The SMILES string of the molecule is CCC[C@@H](NC1CCCCC1)C(=O)O. The first-order valence-electron chi connectivity index (χ1n) is 5.73. The van der Waals surface area contributed by atoms with Crippen LogP contribution >= 0.6 is 0 Å². The zero-order valence-electron chi connectivity index (χ0n) is 8.96. The Morgan fingerprint density at radius 1 is 1.43 bits per heavy atom. The predicted molar refractivity (Wildman–Crippen MR) is 56.3 cm³/mol. The number of carboxylic acids is 1. The molecule has 0 saturated heterocycles. The maximum absolute atomic E-state index is 10.9. The fourth-order valence-corrected chi connectivity index (χ4v) is 2.12. The molecule has 0 aromatic rings. The minimum atomic E-state index is -0.697. The molecule has 0 bridgehead atoms. The molecule has 3 nitrogen and oxygen atoms in total. The van der Waals surface area contributed by atoms with Crippen molar-refractivity contribution >= 4 is 5.97 Å². The van der Waals surface area contributed by atoms with E-state index in [0.29, 0.717) is 6.04 Å². The van der Waals surface area contributed by atoms with Crippen molar-refractivity contribution in [1.29, 1.82) is 0 Å². The molecule has 0 heterocycles. The van der Waals surface area contributed by atoms with Gasteiger partial charge < -0.3 is 10.4 Å². The maximum Gasteiger partial charge on any atom is 0.320 e. The van der Waals surface area contributed by atoms with E-state index >= 15 is 0 Å². The molecule has 1 atom stereocenters. The quantitative estimate of drug-likeness (QED) is 0.713. The molecule has 2 N–H and O–H groups in total. The monoisotopic (exact) mass is 199 g/mol. The lowest BCUT2D eigenvalue weighted by atomic mass is 9.94. The second-order valence-corrected chi connectivity index (χ2v) is 4.18. The molecule has 0 amide bonds. The van der Waals surface area contributed by atoms with Crippen molar-refractivity contribution in [3.63, 3.8) is 0 Å². The van der Waals surface area contributed by atoms with Gasteiger partial charge in [-0.25, -0.2) is 0 Å². The molecule has 1 aliphatic carbocycles. The third-order valence-corrected chi connectivity index (χ3v) is 2.92. The Balaban J connectivity index is 2.33. The van der Waals surface area contributed by atoms with Gasteiger partial charge in [-0.1, -0.05) is 32.6 Å². The lowest BCUT2D eigenvalue weighted by Gasteiger charge is -2.26. The predicted octanol–water partition coefficient (Wildman–Crippen LogP) is 2.16. The van der Waals surface area contributed by atoms with Gasteiger partial charge in [-0.05, 0) is 19.3 Å². The molecule has 1 saturated carbocycles. The van der Waals surface area contributed by atoms with Crippen molar-refractivity contribution in [3.05, 3.63) is 0 Å². The average molecular weight is 199 g/mol. The molecule has 82 valence electrons. The summed E-state index contributed by atoms with van der Waals surface area (Å²) in [5.41, 5.74) is 0. The number of hydrogen-bond donors (Lipinski definition) is 2. The van der Waals surface area contributed by atoms with Crippen molar-refractivity contribution in [2.45, 2.75) is 64.0 Å². The van der Waals surface area contributed by atoms with Crippen LogP contribution in [0.2, 0.25) is 0 Å². The van der Waals surface area contributed by atoms with E-state index in [0.717, 1.165) is 25.7 Å². The number of rotatable bonds is 5. The molecule has 1 fully saturated rings. The van der Waals surface area contributed by atoms with Crippen molar-refractivity contribution < 1.29 is 9.90 Å². The van der Waals surface area contributed by atoms with Crippen molar-refractivity contribution in [2.75, 3.05) is 0 Å². The Hall–Kier alpha value is -0.570. The highest BCUT2D eigenvalue weighted by Gasteiger charge is 2.21. The molecule has 1 aliphatic rings. The Morgan fingerprint density at radius 3 is 2.57 bits per heavy atom. The molecule has 3 heteroatoms. The molecule has 1 rings (SSSR count). The highest BCUT2D eigenvalue weighted by Crippen LogP contribution is 2.18. The van der Waals surface area contributed by atoms with E-state index < -0.39 is 5.97 Å². The molecular weight excluding hydrogens is 178 g/mol. The maximum atomic E-state index is 10.9. The van der Waals surface area contributed by atoms with Gasteiger partial charge in [0.25, 0.3) is 0 Å². The first-order chi connectivity index (χ1) is 6.74. The molecule has 0 radical (unpaired) electrons. The van der Waals surface area contributed by atoms with E-state index in [1.807, 2.05) is 6.92 Å². The summed E-state index contributed by atoms with van der Waals surface area (Å²) in [5.74, 6) is -0.697. The summed E-state index contributed by atoms with van der Waals surface area (Å²) in [4.78, 5) is 10.9. The van der Waals surface area contributed by atoms with Gasteiger partial charge in [0.15, 0.2) is 0 Å². The highest BCUT2D eigenvalue weighted by molar-refractivity contribution is 5.73. The van der Waals surface area contributed by atoms with Crippen LogP contribution < -0.4 is 5.32 Å². The summed E-state index contributed by atoms with van der Waals surface area (Å²) in [6.07, 6.45) is 7.76. The molecule has 14 heavy (non-hydrogen) atoms. The summed E-state index contributed by atoms with van der Waals surface area (Å²) < 4.78 is 0. The standard InChI is InChI=1S/C11H21NO2/c1-2-6-10(11(13)14)12-9-7-4-3-5-8-9/h9-10,12H,2-8H2,1H3,(H,13,14)/t10-/m1/s1. The fourth-order valence-electron chi connectivity index (χ4n) is 2.12. The summed E-state index contributed by atoms with van der Waals surface area (Å²) in [6.45, 7) is 2.03. The van der Waals surface area contributed by atoms with E-state index in [1.165, 1.54) is 19.3 Å². The second-order valence-electron chi connectivity index (χ2n) is 4.18. The smallest absolute Gasteiger partial charge is 0.320 e. The van der Waals surface area contributed by atoms with E-state index in [1.54, 1.807) is 0 Å². The Morgan fingerprint density at radius 2 is 2.07 bits per heavy atom. The van der Waals surface area contributed by atoms with Crippen LogP contribution in [0.1, 0.15) is 51.9 Å². The van der Waals surface area contributed by atoms with Crippen LogP contribution in [-0.2, 0) is 4.79 Å². The number of carbonyl (C=O) groups is 1. The zero-order valence-corrected chi connectivity index (χ0v) is 8.96. The Kier molecular flexibility index (Phi) is 4.94. The van der Waals surface area contributed by atoms with Crippen molar-refractivity contribution in [3.8, 4) is 0 Å². The largest absolute Gasteiger partial charge is 0.480 e. The molecule has 0 aromatic carbocycles. The first-order valence-corrected chi connectivity index (χ1v) is 5.73.